The minimum Gasteiger partial charge on any atom is -0.477 e. The number of hydrogen-bond acceptors (Lipinski definition) is 4. The normalized spacial score (nSPS) is 14.5. The number of carbonyl (C=O) groups is 2. The SMILES string of the molecule is Cc1ccccc1C(=O)N1CCN(c2cccc(C(=O)O)n2)CC1. The van der Waals surface area contributed by atoms with Crippen LogP contribution in [0.25, 0.3) is 0 Å². The topological polar surface area (TPSA) is 73.7 Å². The quantitative estimate of drug-likeness (QED) is 0.935. The second kappa shape index (κ2) is 6.70. The molecule has 0 bridgehead atoms. The Hall–Kier alpha value is -2.89. The van der Waals surface area contributed by atoms with Crippen LogP contribution in [0.3, 0.4) is 0 Å². The van der Waals surface area contributed by atoms with Gasteiger partial charge in [0.1, 0.15) is 5.82 Å². The summed E-state index contributed by atoms with van der Waals surface area (Å²) in [7, 11) is 0. The highest BCUT2D eigenvalue weighted by molar-refractivity contribution is 5.95. The Bertz CT molecular complexity index is 768. The van der Waals surface area contributed by atoms with Gasteiger partial charge in [-0.25, -0.2) is 9.78 Å². The molecule has 6 heteroatoms. The van der Waals surface area contributed by atoms with Gasteiger partial charge in [0.15, 0.2) is 5.69 Å². The van der Waals surface area contributed by atoms with Crippen LogP contribution >= 0.6 is 0 Å². The molecule has 1 aliphatic rings. The highest BCUT2D eigenvalue weighted by Crippen LogP contribution is 2.17. The van der Waals surface area contributed by atoms with E-state index in [-0.39, 0.29) is 11.6 Å². The third kappa shape index (κ3) is 3.22. The molecule has 0 unspecified atom stereocenters. The van der Waals surface area contributed by atoms with Crippen LogP contribution in [0.2, 0.25) is 0 Å². The number of benzene rings is 1. The molecule has 1 saturated heterocycles. The lowest BCUT2D eigenvalue weighted by Crippen LogP contribution is -2.49. The first-order valence-electron chi connectivity index (χ1n) is 7.86. The number of aromatic carboxylic acids is 1. The van der Waals surface area contributed by atoms with Crippen molar-refractivity contribution in [1.29, 1.82) is 0 Å². The number of carbonyl (C=O) groups excluding carboxylic acids is 1. The van der Waals surface area contributed by atoms with E-state index in [1.807, 2.05) is 41.0 Å². The van der Waals surface area contributed by atoms with Crippen LogP contribution in [-0.4, -0.2) is 53.0 Å². The zero-order chi connectivity index (χ0) is 17.1. The summed E-state index contributed by atoms with van der Waals surface area (Å²) in [5, 5.41) is 9.04. The first kappa shape index (κ1) is 16.0. The van der Waals surface area contributed by atoms with E-state index < -0.39 is 5.97 Å². The number of anilines is 1. The molecule has 1 aliphatic heterocycles. The third-order valence-corrected chi connectivity index (χ3v) is 4.22. The predicted octanol–water partition coefficient (Wildman–Crippen LogP) is 2.05. The predicted molar refractivity (Wildman–Crippen MR) is 90.5 cm³/mol. The van der Waals surface area contributed by atoms with E-state index in [0.29, 0.717) is 32.0 Å². The second-order valence-corrected chi connectivity index (χ2v) is 5.78. The van der Waals surface area contributed by atoms with Crippen molar-refractivity contribution in [2.75, 3.05) is 31.1 Å². The van der Waals surface area contributed by atoms with Crippen molar-refractivity contribution in [1.82, 2.24) is 9.88 Å². The van der Waals surface area contributed by atoms with E-state index in [4.69, 9.17) is 5.11 Å². The molecule has 0 saturated carbocycles. The number of nitrogens with zero attached hydrogens (tertiary/aromatic N) is 3. The molecule has 1 N–H and O–H groups in total. The molecule has 0 atom stereocenters. The van der Waals surface area contributed by atoms with Crippen LogP contribution in [0.5, 0.6) is 0 Å². The fourth-order valence-corrected chi connectivity index (χ4v) is 2.84. The summed E-state index contributed by atoms with van der Waals surface area (Å²) >= 11 is 0. The van der Waals surface area contributed by atoms with Gasteiger partial charge in [-0.1, -0.05) is 24.3 Å². The Morgan fingerprint density at radius 1 is 1.00 bits per heavy atom. The van der Waals surface area contributed by atoms with Gasteiger partial charge in [-0.15, -0.1) is 0 Å². The van der Waals surface area contributed by atoms with Gasteiger partial charge in [0, 0.05) is 31.7 Å². The Balaban J connectivity index is 1.68. The minimum absolute atomic E-state index is 0.0333. The number of pyridine rings is 1. The molecule has 1 amide bonds. The van der Waals surface area contributed by atoms with Crippen LogP contribution in [0.15, 0.2) is 42.5 Å². The monoisotopic (exact) mass is 325 g/mol. The molecule has 3 rings (SSSR count). The number of piperazine rings is 1. The van der Waals surface area contributed by atoms with E-state index in [1.165, 1.54) is 6.07 Å². The van der Waals surface area contributed by atoms with Crippen LogP contribution in [0.4, 0.5) is 5.82 Å². The maximum atomic E-state index is 12.6. The third-order valence-electron chi connectivity index (χ3n) is 4.22. The molecule has 1 aromatic carbocycles. The first-order chi connectivity index (χ1) is 11.6. The van der Waals surface area contributed by atoms with Crippen molar-refractivity contribution in [3.63, 3.8) is 0 Å². The minimum atomic E-state index is -1.04. The number of carboxylic acid groups (broad SMARTS) is 1. The summed E-state index contributed by atoms with van der Waals surface area (Å²) in [6.07, 6.45) is 0. The molecular weight excluding hydrogens is 306 g/mol. The van der Waals surface area contributed by atoms with Gasteiger partial charge in [0.2, 0.25) is 0 Å². The number of carboxylic acids is 1. The molecular formula is C18H19N3O3. The maximum Gasteiger partial charge on any atom is 0.354 e. The van der Waals surface area contributed by atoms with E-state index >= 15 is 0 Å². The van der Waals surface area contributed by atoms with Gasteiger partial charge in [-0.3, -0.25) is 4.79 Å². The highest BCUT2D eigenvalue weighted by Gasteiger charge is 2.24. The molecule has 6 nitrogen and oxygen atoms in total. The fraction of sp³-hybridized carbons (Fsp3) is 0.278. The average Bonchev–Trinajstić information content (AvgIpc) is 2.62. The highest BCUT2D eigenvalue weighted by atomic mass is 16.4. The second-order valence-electron chi connectivity index (χ2n) is 5.78. The van der Waals surface area contributed by atoms with E-state index in [1.54, 1.807) is 12.1 Å². The Morgan fingerprint density at radius 2 is 1.71 bits per heavy atom. The van der Waals surface area contributed by atoms with Crippen LogP contribution in [-0.2, 0) is 0 Å². The van der Waals surface area contributed by atoms with Gasteiger partial charge in [-0.05, 0) is 30.7 Å². The summed E-state index contributed by atoms with van der Waals surface area (Å²) in [5.74, 6) is -0.358. The van der Waals surface area contributed by atoms with Crippen molar-refractivity contribution in [2.45, 2.75) is 6.92 Å². The largest absolute Gasteiger partial charge is 0.477 e. The van der Waals surface area contributed by atoms with Crippen molar-refractivity contribution in [2.24, 2.45) is 0 Å². The molecule has 1 aromatic heterocycles. The molecule has 1 fully saturated rings. The number of aryl methyl sites for hydroxylation is 1. The summed E-state index contributed by atoms with van der Waals surface area (Å²) < 4.78 is 0. The summed E-state index contributed by atoms with van der Waals surface area (Å²) in [4.78, 5) is 31.7. The van der Waals surface area contributed by atoms with Gasteiger partial charge in [0.25, 0.3) is 5.91 Å². The fourth-order valence-electron chi connectivity index (χ4n) is 2.84. The smallest absolute Gasteiger partial charge is 0.354 e. The number of amides is 1. The number of aromatic nitrogens is 1. The maximum absolute atomic E-state index is 12.6. The van der Waals surface area contributed by atoms with Gasteiger partial charge in [-0.2, -0.15) is 0 Å². The van der Waals surface area contributed by atoms with E-state index in [9.17, 15) is 9.59 Å². The Morgan fingerprint density at radius 3 is 2.38 bits per heavy atom. The van der Waals surface area contributed by atoms with Crippen LogP contribution < -0.4 is 4.90 Å². The standard InChI is InChI=1S/C18H19N3O3/c1-13-5-2-3-6-14(13)17(22)21-11-9-20(10-12-21)16-8-4-7-15(19-16)18(23)24/h2-8H,9-12H2,1H3,(H,23,24). The first-order valence-corrected chi connectivity index (χ1v) is 7.86. The van der Waals surface area contributed by atoms with Gasteiger partial charge < -0.3 is 14.9 Å². The average molecular weight is 325 g/mol. The van der Waals surface area contributed by atoms with Crippen LogP contribution in [0, 0.1) is 6.92 Å². The zero-order valence-electron chi connectivity index (χ0n) is 13.5. The van der Waals surface area contributed by atoms with E-state index in [0.717, 1.165) is 11.1 Å². The van der Waals surface area contributed by atoms with Crippen molar-refractivity contribution in [3.05, 3.63) is 59.3 Å². The number of rotatable bonds is 3. The molecule has 0 radical (unpaired) electrons. The summed E-state index contributed by atoms with van der Waals surface area (Å²) in [6, 6.07) is 12.5. The zero-order valence-corrected chi connectivity index (χ0v) is 13.5. The molecule has 0 spiro atoms. The van der Waals surface area contributed by atoms with Gasteiger partial charge in [0.05, 0.1) is 0 Å². The molecule has 2 aromatic rings. The lowest BCUT2D eigenvalue weighted by molar-refractivity contribution is 0.0690. The Kier molecular flexibility index (Phi) is 4.46. The summed E-state index contributed by atoms with van der Waals surface area (Å²) in [5.41, 5.74) is 1.74. The molecule has 0 aliphatic carbocycles. The van der Waals surface area contributed by atoms with Crippen molar-refractivity contribution >= 4 is 17.7 Å². The van der Waals surface area contributed by atoms with Crippen molar-refractivity contribution < 1.29 is 14.7 Å². The lowest BCUT2D eigenvalue weighted by Gasteiger charge is -2.35. The lowest BCUT2D eigenvalue weighted by atomic mass is 10.1. The molecule has 124 valence electrons. The van der Waals surface area contributed by atoms with Gasteiger partial charge >= 0.3 is 5.97 Å². The van der Waals surface area contributed by atoms with Crippen molar-refractivity contribution in [3.8, 4) is 0 Å². The molecule has 2 heterocycles. The molecule has 24 heavy (non-hydrogen) atoms. The number of hydrogen-bond donors (Lipinski definition) is 1. The van der Waals surface area contributed by atoms with Crippen LogP contribution in [0.1, 0.15) is 26.4 Å². The Labute approximate surface area is 140 Å². The van der Waals surface area contributed by atoms with E-state index in [2.05, 4.69) is 4.98 Å². The summed E-state index contributed by atoms with van der Waals surface area (Å²) in [6.45, 7) is 4.38.